The van der Waals surface area contributed by atoms with Crippen molar-refractivity contribution in [3.8, 4) is 0 Å². The molecule has 0 radical (unpaired) electrons. The molecule has 0 saturated carbocycles. The number of hydrogen-bond acceptors (Lipinski definition) is 3. The van der Waals surface area contributed by atoms with E-state index in [2.05, 4.69) is 0 Å². The Morgan fingerprint density at radius 2 is 2.05 bits per heavy atom. The van der Waals surface area contributed by atoms with Gasteiger partial charge < -0.3 is 15.0 Å². The number of primary amides is 1. The zero-order chi connectivity index (χ0) is 13.8. The van der Waals surface area contributed by atoms with E-state index in [0.29, 0.717) is 12.1 Å². The zero-order valence-electron chi connectivity index (χ0n) is 10.8. The van der Waals surface area contributed by atoms with Gasteiger partial charge >= 0.3 is 5.97 Å². The van der Waals surface area contributed by atoms with Crippen LogP contribution in [0.15, 0.2) is 30.3 Å². The maximum Gasteiger partial charge on any atom is 0.354 e. The maximum atomic E-state index is 11.9. The maximum absolute atomic E-state index is 11.9. The summed E-state index contributed by atoms with van der Waals surface area (Å²) in [7, 11) is 1.82. The fourth-order valence-corrected chi connectivity index (χ4v) is 1.97. The Bertz CT molecular complexity index is 616. The van der Waals surface area contributed by atoms with Crippen LogP contribution in [-0.2, 0) is 16.6 Å². The van der Waals surface area contributed by atoms with Crippen LogP contribution in [-0.4, -0.2) is 23.1 Å². The van der Waals surface area contributed by atoms with Crippen LogP contribution in [0, 0.1) is 0 Å². The average molecular weight is 260 g/mol. The number of benzene rings is 1. The van der Waals surface area contributed by atoms with Gasteiger partial charge in [-0.25, -0.2) is 4.79 Å². The molecule has 0 unspecified atom stereocenters. The lowest BCUT2D eigenvalue weighted by molar-refractivity contribution is -0.118. The van der Waals surface area contributed by atoms with E-state index in [1.165, 1.54) is 0 Å². The minimum Gasteiger partial charge on any atom is -0.461 e. The number of carbonyl (C=O) groups is 2. The van der Waals surface area contributed by atoms with Crippen molar-refractivity contribution in [1.82, 2.24) is 4.57 Å². The summed E-state index contributed by atoms with van der Waals surface area (Å²) in [6.07, 6.45) is 0.674. The molecule has 0 saturated heterocycles. The molecule has 0 fully saturated rings. The van der Waals surface area contributed by atoms with E-state index >= 15 is 0 Å². The number of aryl methyl sites for hydroxylation is 1. The van der Waals surface area contributed by atoms with E-state index in [1.54, 1.807) is 10.6 Å². The number of aromatic nitrogens is 1. The molecular formula is C14H16N2O3. The highest BCUT2D eigenvalue weighted by molar-refractivity contribution is 5.95. The third-order valence-corrected chi connectivity index (χ3v) is 2.96. The van der Waals surface area contributed by atoms with E-state index in [0.717, 1.165) is 10.9 Å². The van der Waals surface area contributed by atoms with Gasteiger partial charge in [-0.15, -0.1) is 0 Å². The minimum atomic E-state index is -0.388. The Morgan fingerprint density at radius 1 is 1.32 bits per heavy atom. The first kappa shape index (κ1) is 13.1. The van der Waals surface area contributed by atoms with Crippen molar-refractivity contribution in [2.75, 3.05) is 6.61 Å². The molecule has 1 amide bonds. The zero-order valence-corrected chi connectivity index (χ0v) is 10.8. The van der Waals surface area contributed by atoms with Gasteiger partial charge in [0.05, 0.1) is 6.61 Å². The van der Waals surface area contributed by atoms with Crippen LogP contribution in [0.4, 0.5) is 0 Å². The summed E-state index contributed by atoms with van der Waals surface area (Å²) in [6.45, 7) is 0.198. The van der Waals surface area contributed by atoms with Crippen LogP contribution in [0.2, 0.25) is 0 Å². The van der Waals surface area contributed by atoms with E-state index in [9.17, 15) is 9.59 Å². The van der Waals surface area contributed by atoms with Crippen LogP contribution in [0.1, 0.15) is 23.3 Å². The summed E-state index contributed by atoms with van der Waals surface area (Å²) >= 11 is 0. The van der Waals surface area contributed by atoms with Gasteiger partial charge in [0.25, 0.3) is 0 Å². The lowest BCUT2D eigenvalue weighted by Gasteiger charge is -2.05. The van der Waals surface area contributed by atoms with Crippen LogP contribution in [0.25, 0.3) is 10.9 Å². The summed E-state index contributed by atoms with van der Waals surface area (Å²) in [5.41, 5.74) is 6.49. The minimum absolute atomic E-state index is 0.198. The molecular weight excluding hydrogens is 244 g/mol. The predicted molar refractivity (Wildman–Crippen MR) is 71.6 cm³/mol. The lowest BCUT2D eigenvalue weighted by Crippen LogP contribution is -2.14. The molecule has 5 nitrogen and oxygen atoms in total. The van der Waals surface area contributed by atoms with Crippen molar-refractivity contribution in [1.29, 1.82) is 0 Å². The van der Waals surface area contributed by atoms with Crippen LogP contribution in [0.3, 0.4) is 0 Å². The third kappa shape index (κ3) is 2.93. The molecule has 0 atom stereocenters. The Balaban J connectivity index is 2.05. The highest BCUT2D eigenvalue weighted by Gasteiger charge is 2.14. The highest BCUT2D eigenvalue weighted by Crippen LogP contribution is 2.18. The normalized spacial score (nSPS) is 10.6. The summed E-state index contributed by atoms with van der Waals surface area (Å²) in [5.74, 6) is -0.774. The Hall–Kier alpha value is -2.30. The smallest absolute Gasteiger partial charge is 0.354 e. The largest absolute Gasteiger partial charge is 0.461 e. The van der Waals surface area contributed by atoms with Crippen molar-refractivity contribution in [3.05, 3.63) is 36.0 Å². The molecule has 19 heavy (non-hydrogen) atoms. The van der Waals surface area contributed by atoms with Gasteiger partial charge in [-0.1, -0.05) is 18.2 Å². The summed E-state index contributed by atoms with van der Waals surface area (Å²) in [6, 6.07) is 9.53. The van der Waals surface area contributed by atoms with Crippen LogP contribution in [0.5, 0.6) is 0 Å². The fourth-order valence-electron chi connectivity index (χ4n) is 1.97. The van der Waals surface area contributed by atoms with Gasteiger partial charge in [0.1, 0.15) is 5.69 Å². The number of nitrogens with zero attached hydrogens (tertiary/aromatic N) is 1. The third-order valence-electron chi connectivity index (χ3n) is 2.96. The molecule has 2 rings (SSSR count). The van der Waals surface area contributed by atoms with Gasteiger partial charge in [0.2, 0.25) is 5.91 Å². The van der Waals surface area contributed by atoms with E-state index in [4.69, 9.17) is 10.5 Å². The lowest BCUT2D eigenvalue weighted by atomic mass is 10.2. The topological polar surface area (TPSA) is 74.3 Å². The van der Waals surface area contributed by atoms with Crippen molar-refractivity contribution in [2.45, 2.75) is 12.8 Å². The number of para-hydroxylation sites is 1. The van der Waals surface area contributed by atoms with Crippen molar-refractivity contribution < 1.29 is 14.3 Å². The second-order valence-corrected chi connectivity index (χ2v) is 4.35. The first-order chi connectivity index (χ1) is 9.09. The Kier molecular flexibility index (Phi) is 3.85. The molecule has 1 aromatic heterocycles. The summed E-state index contributed by atoms with van der Waals surface area (Å²) in [5, 5.41) is 0.995. The van der Waals surface area contributed by atoms with E-state index in [-0.39, 0.29) is 24.9 Å². The molecule has 1 aromatic carbocycles. The van der Waals surface area contributed by atoms with Crippen LogP contribution >= 0.6 is 0 Å². The predicted octanol–water partition coefficient (Wildman–Crippen LogP) is 1.60. The van der Waals surface area contributed by atoms with Gasteiger partial charge in [-0.05, 0) is 18.6 Å². The Morgan fingerprint density at radius 3 is 2.74 bits per heavy atom. The molecule has 0 aliphatic rings. The number of hydrogen-bond donors (Lipinski definition) is 1. The summed E-state index contributed by atoms with van der Waals surface area (Å²) in [4.78, 5) is 22.5. The number of carbonyl (C=O) groups excluding carboxylic acids is 2. The molecule has 0 aliphatic carbocycles. The second-order valence-electron chi connectivity index (χ2n) is 4.35. The van der Waals surface area contributed by atoms with E-state index in [1.807, 2.05) is 31.3 Å². The molecule has 0 bridgehead atoms. The van der Waals surface area contributed by atoms with E-state index < -0.39 is 0 Å². The van der Waals surface area contributed by atoms with Crippen molar-refractivity contribution >= 4 is 22.8 Å². The molecule has 5 heteroatoms. The standard InChI is InChI=1S/C14H16N2O3/c1-16-11-6-3-2-5-10(11)9-12(16)14(18)19-8-4-7-13(15)17/h2-3,5-6,9H,4,7-8H2,1H3,(H2,15,17). The first-order valence-corrected chi connectivity index (χ1v) is 6.09. The molecule has 2 aromatic rings. The number of fused-ring (bicyclic) bond motifs is 1. The number of esters is 1. The number of nitrogens with two attached hydrogens (primary N) is 1. The van der Waals surface area contributed by atoms with Gasteiger partial charge in [0.15, 0.2) is 0 Å². The number of amides is 1. The molecule has 2 N–H and O–H groups in total. The number of rotatable bonds is 5. The SMILES string of the molecule is Cn1c(C(=O)OCCCC(N)=O)cc2ccccc21. The summed E-state index contributed by atoms with van der Waals surface area (Å²) < 4.78 is 6.92. The molecule has 100 valence electrons. The van der Waals surface area contributed by atoms with Crippen LogP contribution < -0.4 is 5.73 Å². The van der Waals surface area contributed by atoms with Gasteiger partial charge in [-0.2, -0.15) is 0 Å². The quantitative estimate of drug-likeness (QED) is 0.655. The van der Waals surface area contributed by atoms with Crippen molar-refractivity contribution in [2.24, 2.45) is 12.8 Å². The molecule has 1 heterocycles. The highest BCUT2D eigenvalue weighted by atomic mass is 16.5. The second kappa shape index (κ2) is 5.56. The van der Waals surface area contributed by atoms with Gasteiger partial charge in [-0.3, -0.25) is 4.79 Å². The average Bonchev–Trinajstić information content (AvgIpc) is 2.72. The molecule has 0 aliphatic heterocycles. The first-order valence-electron chi connectivity index (χ1n) is 6.09. The van der Waals surface area contributed by atoms with Crippen molar-refractivity contribution in [3.63, 3.8) is 0 Å². The fraction of sp³-hybridized carbons (Fsp3) is 0.286. The van der Waals surface area contributed by atoms with Gasteiger partial charge in [0, 0.05) is 24.4 Å². The Labute approximate surface area is 110 Å². The number of ether oxygens (including phenoxy) is 1. The molecule has 0 spiro atoms. The monoisotopic (exact) mass is 260 g/mol.